The van der Waals surface area contributed by atoms with E-state index in [4.69, 9.17) is 4.74 Å². The summed E-state index contributed by atoms with van der Waals surface area (Å²) in [5, 5.41) is 19.6. The molecule has 0 unspecified atom stereocenters. The number of hydrogen-bond donors (Lipinski definition) is 2. The summed E-state index contributed by atoms with van der Waals surface area (Å²) in [5.74, 6) is -0.859. The van der Waals surface area contributed by atoms with Gasteiger partial charge in [0.05, 0.1) is 18.6 Å². The Kier molecular flexibility index (Phi) is 4.22. The first-order valence-corrected chi connectivity index (χ1v) is 6.57. The molecule has 2 rings (SSSR count). The second kappa shape index (κ2) is 5.72. The first kappa shape index (κ1) is 14.0. The molecule has 4 heteroatoms. The fraction of sp³-hybridized carbons (Fsp3) is 0.533. The van der Waals surface area contributed by atoms with Gasteiger partial charge in [0.1, 0.15) is 6.10 Å². The van der Waals surface area contributed by atoms with Crippen LogP contribution in [-0.4, -0.2) is 35.0 Å². The molecule has 19 heavy (non-hydrogen) atoms. The van der Waals surface area contributed by atoms with Crippen molar-refractivity contribution >= 4 is 5.97 Å². The highest BCUT2D eigenvalue weighted by Crippen LogP contribution is 2.34. The van der Waals surface area contributed by atoms with Gasteiger partial charge in [-0.3, -0.25) is 0 Å². The van der Waals surface area contributed by atoms with Gasteiger partial charge in [-0.15, -0.1) is 0 Å². The van der Waals surface area contributed by atoms with Crippen LogP contribution in [0.4, 0.5) is 0 Å². The number of hydrogen-bond acceptors (Lipinski definition) is 4. The van der Waals surface area contributed by atoms with Crippen molar-refractivity contribution in [3.05, 3.63) is 35.5 Å². The van der Waals surface area contributed by atoms with E-state index >= 15 is 0 Å². The quantitative estimate of drug-likeness (QED) is 0.428. The van der Waals surface area contributed by atoms with E-state index < -0.39 is 24.1 Å². The van der Waals surface area contributed by atoms with Crippen LogP contribution in [0.25, 0.3) is 0 Å². The molecule has 0 spiro atoms. The number of aliphatic hydroxyl groups excluding tert-OH is 2. The summed E-state index contributed by atoms with van der Waals surface area (Å²) in [4.78, 5) is 11.6. The average molecular weight is 264 g/mol. The number of aliphatic hydroxyl groups is 2. The predicted molar refractivity (Wildman–Crippen MR) is 71.3 cm³/mol. The maximum atomic E-state index is 11.6. The van der Waals surface area contributed by atoms with Crippen LogP contribution >= 0.6 is 0 Å². The highest BCUT2D eigenvalue weighted by Gasteiger charge is 2.42. The second-order valence-corrected chi connectivity index (χ2v) is 5.26. The van der Waals surface area contributed by atoms with E-state index in [0.29, 0.717) is 12.0 Å². The van der Waals surface area contributed by atoms with Crippen LogP contribution in [0.2, 0.25) is 0 Å². The fourth-order valence-corrected chi connectivity index (χ4v) is 2.67. The zero-order valence-electron chi connectivity index (χ0n) is 11.1. The number of esters is 1. The van der Waals surface area contributed by atoms with E-state index in [9.17, 15) is 15.0 Å². The fourth-order valence-electron chi connectivity index (χ4n) is 2.67. The second-order valence-electron chi connectivity index (χ2n) is 5.26. The van der Waals surface area contributed by atoms with Crippen LogP contribution in [0.15, 0.2) is 35.5 Å². The molecular formula is C15H20O4. The zero-order chi connectivity index (χ0) is 14.0. The Hall–Kier alpha value is -1.39. The van der Waals surface area contributed by atoms with Crippen LogP contribution in [-0.2, 0) is 9.53 Å². The van der Waals surface area contributed by atoms with Gasteiger partial charge in [0, 0.05) is 5.57 Å². The average Bonchev–Trinajstić information content (AvgIpc) is 2.63. The van der Waals surface area contributed by atoms with Gasteiger partial charge < -0.3 is 14.9 Å². The minimum atomic E-state index is -0.760. The van der Waals surface area contributed by atoms with E-state index in [1.807, 2.05) is 19.1 Å². The molecule has 0 radical (unpaired) electrons. The lowest BCUT2D eigenvalue weighted by molar-refractivity contribution is -0.137. The SMILES string of the molecule is C=C1C(=O)O[C@@H]2/C=C(/C)CC/C=C(/CO)C[C@@H](O)[C@@H]12. The van der Waals surface area contributed by atoms with E-state index in [-0.39, 0.29) is 6.61 Å². The molecule has 1 heterocycles. The van der Waals surface area contributed by atoms with Gasteiger partial charge in [0.15, 0.2) is 0 Å². The Morgan fingerprint density at radius 2 is 2.26 bits per heavy atom. The van der Waals surface area contributed by atoms with Crippen LogP contribution < -0.4 is 0 Å². The molecule has 4 nitrogen and oxygen atoms in total. The third-order valence-electron chi connectivity index (χ3n) is 3.77. The van der Waals surface area contributed by atoms with Crippen molar-refractivity contribution in [1.82, 2.24) is 0 Å². The maximum absolute atomic E-state index is 11.6. The highest BCUT2D eigenvalue weighted by molar-refractivity contribution is 5.91. The van der Waals surface area contributed by atoms with Gasteiger partial charge in [-0.2, -0.15) is 0 Å². The molecule has 0 aromatic heterocycles. The third kappa shape index (κ3) is 2.96. The molecule has 1 aliphatic heterocycles. The van der Waals surface area contributed by atoms with E-state index in [0.717, 1.165) is 24.0 Å². The molecule has 1 aliphatic carbocycles. The molecule has 1 fully saturated rings. The standard InChI is InChI=1S/C15H20O4/c1-9-4-3-5-11(8-16)7-12(17)14-10(2)15(18)19-13(14)6-9/h5-6,12-14,16-17H,2-4,7-8H2,1H3/b9-6-,11-5+/t12-,13-,14-/m1/s1. The van der Waals surface area contributed by atoms with E-state index in [1.54, 1.807) is 0 Å². The largest absolute Gasteiger partial charge is 0.454 e. The molecule has 0 bridgehead atoms. The van der Waals surface area contributed by atoms with Crippen molar-refractivity contribution in [1.29, 1.82) is 0 Å². The van der Waals surface area contributed by atoms with Gasteiger partial charge in [-0.25, -0.2) is 4.79 Å². The van der Waals surface area contributed by atoms with Crippen LogP contribution in [0.3, 0.4) is 0 Å². The van der Waals surface area contributed by atoms with Crippen molar-refractivity contribution in [2.75, 3.05) is 6.61 Å². The number of carbonyl (C=O) groups is 1. The van der Waals surface area contributed by atoms with Gasteiger partial charge in [-0.05, 0) is 37.8 Å². The zero-order valence-corrected chi connectivity index (χ0v) is 11.1. The molecule has 2 N–H and O–H groups in total. The predicted octanol–water partition coefficient (Wildman–Crippen LogP) is 1.49. The lowest BCUT2D eigenvalue weighted by Gasteiger charge is -2.23. The van der Waals surface area contributed by atoms with Gasteiger partial charge >= 0.3 is 5.97 Å². The molecule has 0 amide bonds. The summed E-state index contributed by atoms with van der Waals surface area (Å²) < 4.78 is 5.26. The Balaban J connectivity index is 2.32. The van der Waals surface area contributed by atoms with Crippen molar-refractivity contribution in [2.45, 2.75) is 38.4 Å². The topological polar surface area (TPSA) is 66.8 Å². The third-order valence-corrected chi connectivity index (χ3v) is 3.77. The lowest BCUT2D eigenvalue weighted by atomic mass is 9.85. The van der Waals surface area contributed by atoms with E-state index in [2.05, 4.69) is 6.58 Å². The first-order chi connectivity index (χ1) is 9.02. The summed E-state index contributed by atoms with van der Waals surface area (Å²) in [6.45, 7) is 5.63. The molecular weight excluding hydrogens is 244 g/mol. The molecule has 0 aromatic carbocycles. The van der Waals surface area contributed by atoms with Crippen LogP contribution in [0.5, 0.6) is 0 Å². The number of ether oxygens (including phenoxy) is 1. The van der Waals surface area contributed by atoms with Gasteiger partial charge in [-0.1, -0.05) is 18.2 Å². The van der Waals surface area contributed by atoms with Crippen molar-refractivity contribution in [3.8, 4) is 0 Å². The summed E-state index contributed by atoms with van der Waals surface area (Å²) in [6.07, 6.45) is 4.69. The lowest BCUT2D eigenvalue weighted by Crippen LogP contribution is -2.29. The number of allylic oxidation sites excluding steroid dienone is 2. The number of carbonyl (C=O) groups excluding carboxylic acids is 1. The molecule has 3 atom stereocenters. The molecule has 2 aliphatic rings. The number of fused-ring (bicyclic) bond motifs is 1. The smallest absolute Gasteiger partial charge is 0.334 e. The summed E-state index contributed by atoms with van der Waals surface area (Å²) in [6, 6.07) is 0. The number of rotatable bonds is 1. The minimum Gasteiger partial charge on any atom is -0.454 e. The first-order valence-electron chi connectivity index (χ1n) is 6.57. The van der Waals surface area contributed by atoms with Crippen LogP contribution in [0.1, 0.15) is 26.2 Å². The van der Waals surface area contributed by atoms with Crippen molar-refractivity contribution in [2.24, 2.45) is 5.92 Å². The Morgan fingerprint density at radius 3 is 2.95 bits per heavy atom. The van der Waals surface area contributed by atoms with Crippen LogP contribution in [0, 0.1) is 5.92 Å². The molecule has 1 saturated heterocycles. The van der Waals surface area contributed by atoms with Crippen molar-refractivity contribution < 1.29 is 19.7 Å². The van der Waals surface area contributed by atoms with Gasteiger partial charge in [0.25, 0.3) is 0 Å². The molecule has 104 valence electrons. The maximum Gasteiger partial charge on any atom is 0.334 e. The summed E-state index contributed by atoms with van der Waals surface area (Å²) in [7, 11) is 0. The molecule has 0 aromatic rings. The Labute approximate surface area is 113 Å². The minimum absolute atomic E-state index is 0.0709. The normalized spacial score (nSPS) is 37.7. The Morgan fingerprint density at radius 1 is 1.53 bits per heavy atom. The Bertz CT molecular complexity index is 447. The monoisotopic (exact) mass is 264 g/mol. The van der Waals surface area contributed by atoms with Gasteiger partial charge in [0.2, 0.25) is 0 Å². The summed E-state index contributed by atoms with van der Waals surface area (Å²) >= 11 is 0. The van der Waals surface area contributed by atoms with Crippen molar-refractivity contribution in [3.63, 3.8) is 0 Å². The molecule has 0 saturated carbocycles. The highest BCUT2D eigenvalue weighted by atomic mass is 16.6. The summed E-state index contributed by atoms with van der Waals surface area (Å²) in [5.41, 5.74) is 2.23. The van der Waals surface area contributed by atoms with E-state index in [1.165, 1.54) is 0 Å².